The smallest absolute Gasteiger partial charge is 0.325 e. The van der Waals surface area contributed by atoms with Crippen molar-refractivity contribution < 1.29 is 23.5 Å². The van der Waals surface area contributed by atoms with Crippen LogP contribution < -0.4 is 15.4 Å². The summed E-state index contributed by atoms with van der Waals surface area (Å²) in [6.07, 6.45) is 3.23. The number of ether oxygens (including phenoxy) is 2. The van der Waals surface area contributed by atoms with Gasteiger partial charge in [-0.25, -0.2) is 0 Å². The second-order valence-corrected chi connectivity index (χ2v) is 9.42. The van der Waals surface area contributed by atoms with Gasteiger partial charge in [-0.15, -0.1) is 0 Å². The first-order chi connectivity index (χ1) is 19.0. The highest BCUT2D eigenvalue weighted by molar-refractivity contribution is 5.83. The molecule has 2 N–H and O–H groups in total. The van der Waals surface area contributed by atoms with Crippen LogP contribution in [0.25, 0.3) is 22.4 Å². The Morgan fingerprint density at radius 3 is 2.69 bits per heavy atom. The van der Waals surface area contributed by atoms with E-state index >= 15 is 0 Å². The minimum Gasteiger partial charge on any atom is -0.492 e. The largest absolute Gasteiger partial charge is 0.492 e. The third-order valence-electron chi connectivity index (χ3n) is 6.88. The Kier molecular flexibility index (Phi) is 8.07. The third kappa shape index (κ3) is 6.37. The lowest BCUT2D eigenvalue weighted by molar-refractivity contribution is -0.141. The molecule has 11 nitrogen and oxygen atoms in total. The Labute approximate surface area is 226 Å². The monoisotopic (exact) mass is 532 g/mol. The molecule has 39 heavy (non-hydrogen) atoms. The molecule has 0 saturated carbocycles. The van der Waals surface area contributed by atoms with Gasteiger partial charge in [0.2, 0.25) is 5.91 Å². The first kappa shape index (κ1) is 26.2. The van der Waals surface area contributed by atoms with Crippen LogP contribution in [0.15, 0.2) is 59.1 Å². The molecule has 2 aromatic heterocycles. The summed E-state index contributed by atoms with van der Waals surface area (Å²) in [5.74, 6) is 0.116. The van der Waals surface area contributed by atoms with E-state index in [0.717, 1.165) is 66.3 Å². The zero-order valence-corrected chi connectivity index (χ0v) is 22.1. The fourth-order valence-corrected chi connectivity index (χ4v) is 4.70. The lowest BCUT2D eigenvalue weighted by Gasteiger charge is -2.31. The highest BCUT2D eigenvalue weighted by Gasteiger charge is 2.25. The molecule has 1 amide bonds. The number of para-hydroxylation sites is 2. The van der Waals surface area contributed by atoms with Crippen LogP contribution in [0, 0.1) is 5.92 Å². The molecule has 0 unspecified atom stereocenters. The number of hydrogen-bond acceptors (Lipinski definition) is 9. The van der Waals surface area contributed by atoms with Gasteiger partial charge in [0, 0.05) is 37.0 Å². The van der Waals surface area contributed by atoms with E-state index in [1.54, 1.807) is 10.9 Å². The molecule has 1 saturated heterocycles. The van der Waals surface area contributed by atoms with E-state index in [-0.39, 0.29) is 18.4 Å². The molecule has 204 valence electrons. The van der Waals surface area contributed by atoms with Crippen LogP contribution in [0.2, 0.25) is 0 Å². The number of oxazole rings is 1. The molecule has 5 rings (SSSR count). The van der Waals surface area contributed by atoms with Gasteiger partial charge >= 0.3 is 5.97 Å². The Bertz CT molecular complexity index is 1410. The number of aryl methyl sites for hydroxylation is 1. The maximum absolute atomic E-state index is 12.3. The lowest BCUT2D eigenvalue weighted by Crippen LogP contribution is -2.43. The average molecular weight is 533 g/mol. The number of benzene rings is 2. The normalized spacial score (nSPS) is 14.3. The Morgan fingerprint density at radius 2 is 1.95 bits per heavy atom. The van der Waals surface area contributed by atoms with E-state index < -0.39 is 5.97 Å². The number of piperidine rings is 1. The van der Waals surface area contributed by atoms with Gasteiger partial charge in [0.25, 0.3) is 6.01 Å². The van der Waals surface area contributed by atoms with Crippen LogP contribution in [-0.2, 0) is 21.4 Å². The van der Waals surface area contributed by atoms with E-state index in [2.05, 4.69) is 30.4 Å². The van der Waals surface area contributed by atoms with Gasteiger partial charge in [0.05, 0.1) is 12.8 Å². The number of amides is 1. The van der Waals surface area contributed by atoms with Gasteiger partial charge in [0.1, 0.15) is 24.4 Å². The van der Waals surface area contributed by atoms with Gasteiger partial charge in [0.15, 0.2) is 5.58 Å². The Balaban J connectivity index is 1.19. The first-order valence-electron chi connectivity index (χ1n) is 12.9. The molecule has 0 atom stereocenters. The number of carbonyl (C=O) groups is 2. The summed E-state index contributed by atoms with van der Waals surface area (Å²) >= 11 is 0. The zero-order chi connectivity index (χ0) is 27.2. The molecule has 0 radical (unpaired) electrons. The molecule has 1 aliphatic rings. The molecule has 11 heteroatoms. The van der Waals surface area contributed by atoms with Crippen molar-refractivity contribution in [1.29, 1.82) is 0 Å². The molecule has 0 spiro atoms. The van der Waals surface area contributed by atoms with Crippen LogP contribution in [0.1, 0.15) is 12.8 Å². The van der Waals surface area contributed by atoms with Crippen LogP contribution in [-0.4, -0.2) is 71.4 Å². The number of carbonyl (C=O) groups excluding carboxylic acids is 2. The maximum Gasteiger partial charge on any atom is 0.325 e. The number of rotatable bonds is 10. The van der Waals surface area contributed by atoms with Gasteiger partial charge in [-0.3, -0.25) is 19.2 Å². The minimum atomic E-state index is -0.446. The van der Waals surface area contributed by atoms with Crippen molar-refractivity contribution in [2.75, 3.05) is 45.2 Å². The van der Waals surface area contributed by atoms with Crippen LogP contribution >= 0.6 is 0 Å². The molecular formula is C28H32N6O5. The number of likely N-dealkylation sites (tertiary alicyclic amines) is 1. The zero-order valence-electron chi connectivity index (χ0n) is 22.1. The number of nitrogens with zero attached hydrogens (tertiary/aromatic N) is 4. The summed E-state index contributed by atoms with van der Waals surface area (Å²) in [6, 6.07) is 15.9. The minimum absolute atomic E-state index is 0.0918. The number of aromatic nitrogens is 3. The summed E-state index contributed by atoms with van der Waals surface area (Å²) in [5.41, 5.74) is 4.15. The third-order valence-corrected chi connectivity index (χ3v) is 6.88. The van der Waals surface area contributed by atoms with E-state index in [4.69, 9.17) is 9.15 Å². The predicted molar refractivity (Wildman–Crippen MR) is 146 cm³/mol. The molecule has 1 fully saturated rings. The number of esters is 1. The van der Waals surface area contributed by atoms with E-state index in [1.165, 1.54) is 7.11 Å². The Morgan fingerprint density at radius 1 is 1.13 bits per heavy atom. The van der Waals surface area contributed by atoms with Crippen molar-refractivity contribution >= 4 is 34.7 Å². The number of methoxy groups -OCH3 is 1. The number of fused-ring (bicyclic) bond motifs is 1. The second kappa shape index (κ2) is 12.0. The van der Waals surface area contributed by atoms with Crippen LogP contribution in [0.5, 0.6) is 5.75 Å². The molecule has 1 aliphatic heterocycles. The Hall–Kier alpha value is -4.38. The maximum atomic E-state index is 12.3. The lowest BCUT2D eigenvalue weighted by atomic mass is 9.96. The predicted octanol–water partition coefficient (Wildman–Crippen LogP) is 3.35. The van der Waals surface area contributed by atoms with E-state index in [9.17, 15) is 9.59 Å². The average Bonchev–Trinajstić information content (AvgIpc) is 3.57. The quantitative estimate of drug-likeness (QED) is 0.296. The first-order valence-corrected chi connectivity index (χ1v) is 12.9. The van der Waals surface area contributed by atoms with Gasteiger partial charge in [-0.1, -0.05) is 12.1 Å². The van der Waals surface area contributed by atoms with Gasteiger partial charge < -0.3 is 24.5 Å². The van der Waals surface area contributed by atoms with Crippen molar-refractivity contribution in [1.82, 2.24) is 25.0 Å². The molecular weight excluding hydrogens is 500 g/mol. The van der Waals surface area contributed by atoms with Gasteiger partial charge in [-0.05, 0) is 62.3 Å². The van der Waals surface area contributed by atoms with Crippen LogP contribution in [0.4, 0.5) is 11.7 Å². The SMILES string of the molecule is COC(=O)CNC(=O)C1CCN(CCOc2ccc(Nc3nc4ccccc4o3)cc2-c2ccnn2C)CC1. The summed E-state index contributed by atoms with van der Waals surface area (Å²) in [6.45, 7) is 2.74. The van der Waals surface area contributed by atoms with Gasteiger partial charge in [-0.2, -0.15) is 10.1 Å². The summed E-state index contributed by atoms with van der Waals surface area (Å²) in [7, 11) is 3.20. The summed E-state index contributed by atoms with van der Waals surface area (Å²) in [4.78, 5) is 30.4. The number of anilines is 2. The van der Waals surface area contributed by atoms with Crippen molar-refractivity contribution in [2.24, 2.45) is 13.0 Å². The van der Waals surface area contributed by atoms with Crippen molar-refractivity contribution in [2.45, 2.75) is 12.8 Å². The molecule has 0 bridgehead atoms. The highest BCUT2D eigenvalue weighted by Crippen LogP contribution is 2.34. The van der Waals surface area contributed by atoms with Crippen molar-refractivity contribution in [3.8, 4) is 17.0 Å². The highest BCUT2D eigenvalue weighted by atomic mass is 16.5. The number of nitrogens with one attached hydrogen (secondary N) is 2. The van der Waals surface area contributed by atoms with E-state index in [1.807, 2.05) is 55.6 Å². The molecule has 0 aliphatic carbocycles. The fraction of sp³-hybridized carbons (Fsp3) is 0.357. The summed E-state index contributed by atoms with van der Waals surface area (Å²) in [5, 5.41) is 10.2. The molecule has 4 aromatic rings. The fourth-order valence-electron chi connectivity index (χ4n) is 4.70. The number of hydrogen-bond donors (Lipinski definition) is 2. The van der Waals surface area contributed by atoms with Crippen molar-refractivity contribution in [3.05, 3.63) is 54.7 Å². The summed E-state index contributed by atoms with van der Waals surface area (Å²) < 4.78 is 18.4. The second-order valence-electron chi connectivity index (χ2n) is 9.42. The molecule has 3 heterocycles. The topological polar surface area (TPSA) is 124 Å². The van der Waals surface area contributed by atoms with Crippen molar-refractivity contribution in [3.63, 3.8) is 0 Å². The molecule has 2 aromatic carbocycles. The standard InChI is InChI=1S/C28H32N6O5/c1-33-23(9-12-30-33)21-17-20(31-28-32-22-5-3-4-6-25(22)39-28)7-8-24(21)38-16-15-34-13-10-19(11-14-34)27(36)29-18-26(35)37-2/h3-9,12,17,19H,10-11,13-16,18H2,1-2H3,(H,29,36)(H,31,32). The van der Waals surface area contributed by atoms with Crippen LogP contribution in [0.3, 0.4) is 0 Å². The van der Waals surface area contributed by atoms with E-state index in [0.29, 0.717) is 12.6 Å².